The maximum atomic E-state index is 12.4. The minimum absolute atomic E-state index is 0.153. The molecule has 0 rings (SSSR count). The first-order valence-electron chi connectivity index (χ1n) is 28.1. The third kappa shape index (κ3) is 48.9. The Morgan fingerprint density at radius 3 is 1.00 bits per heavy atom. The van der Waals surface area contributed by atoms with Crippen LogP contribution < -0.4 is 5.32 Å². The van der Waals surface area contributed by atoms with Crippen molar-refractivity contribution >= 4 is 25.7 Å². The van der Waals surface area contributed by atoms with Crippen molar-refractivity contribution in [3.8, 4) is 0 Å². The number of phosphoric acid groups is 1. The van der Waals surface area contributed by atoms with Gasteiger partial charge in [-0.2, -0.15) is 0 Å². The normalized spacial score (nSPS) is 13.4. The van der Waals surface area contributed by atoms with Crippen molar-refractivity contribution in [3.05, 3.63) is 0 Å². The summed E-state index contributed by atoms with van der Waals surface area (Å²) in [5.41, 5.74) is 0. The van der Waals surface area contributed by atoms with Crippen LogP contribution in [0, 0.1) is 0 Å². The quantitative estimate of drug-likeness (QED) is 0.0261. The van der Waals surface area contributed by atoms with Gasteiger partial charge in [0.2, 0.25) is 5.91 Å². The molecule has 11 nitrogen and oxygen atoms in total. The maximum Gasteiger partial charge on any atom is 0.472 e. The minimum atomic E-state index is -4.76. The van der Waals surface area contributed by atoms with E-state index in [1.807, 2.05) is 0 Å². The number of nitrogens with one attached hydrogen (secondary N) is 1. The molecule has 0 saturated heterocycles. The molecule has 4 N–H and O–H groups in total. The standard InChI is InChI=1S/C54H106NO10P/c1-3-5-7-9-11-13-15-17-19-21-23-25-26-28-30-32-34-36-38-40-42-44-46-53(58)63-47-50(56)48-64-66(61,62)65-49-51(54(59)60)55-52(57)45-43-41-39-37-35-33-31-29-27-24-22-20-18-16-14-12-10-8-6-4-2/h50-51,56H,3-49H2,1-2H3,(H,55,57)(H,59,60)(H,61,62). The van der Waals surface area contributed by atoms with Gasteiger partial charge in [0.05, 0.1) is 13.2 Å². The van der Waals surface area contributed by atoms with Crippen molar-refractivity contribution in [1.29, 1.82) is 0 Å². The summed E-state index contributed by atoms with van der Waals surface area (Å²) < 4.78 is 27.0. The van der Waals surface area contributed by atoms with Crippen LogP contribution in [0.25, 0.3) is 0 Å². The summed E-state index contributed by atoms with van der Waals surface area (Å²) in [6.45, 7) is 2.68. The number of aliphatic carboxylic acids is 1. The number of ether oxygens (including phenoxy) is 1. The van der Waals surface area contributed by atoms with E-state index < -0.39 is 57.6 Å². The number of carboxylic acids is 1. The number of aliphatic hydroxyl groups excluding tert-OH is 1. The second kappa shape index (κ2) is 49.9. The fourth-order valence-corrected chi connectivity index (χ4v) is 9.33. The summed E-state index contributed by atoms with van der Waals surface area (Å²) in [5.74, 6) is -2.34. The molecule has 1 amide bonds. The molecule has 0 bridgehead atoms. The number of unbranched alkanes of at least 4 members (excludes halogenated alkanes) is 40. The molecule has 3 atom stereocenters. The van der Waals surface area contributed by atoms with Gasteiger partial charge in [-0.1, -0.05) is 271 Å². The van der Waals surface area contributed by atoms with Crippen LogP contribution in [0.3, 0.4) is 0 Å². The van der Waals surface area contributed by atoms with Gasteiger partial charge in [0.15, 0.2) is 6.04 Å². The predicted molar refractivity (Wildman–Crippen MR) is 273 cm³/mol. The van der Waals surface area contributed by atoms with E-state index in [9.17, 15) is 34.1 Å². The number of amides is 1. The average molecular weight is 960 g/mol. The van der Waals surface area contributed by atoms with Crippen molar-refractivity contribution in [2.45, 2.75) is 309 Å². The summed E-state index contributed by atoms with van der Waals surface area (Å²) >= 11 is 0. The lowest BCUT2D eigenvalue weighted by Gasteiger charge is -2.18. The first-order chi connectivity index (χ1) is 32.1. The summed E-state index contributed by atoms with van der Waals surface area (Å²) in [6.07, 6.45) is 52.7. The van der Waals surface area contributed by atoms with E-state index in [2.05, 4.69) is 19.2 Å². The molecule has 0 aliphatic rings. The van der Waals surface area contributed by atoms with E-state index in [0.29, 0.717) is 12.8 Å². The van der Waals surface area contributed by atoms with E-state index in [1.165, 1.54) is 218 Å². The van der Waals surface area contributed by atoms with Gasteiger partial charge in [-0.3, -0.25) is 18.6 Å². The fraction of sp³-hybridized carbons (Fsp3) is 0.944. The Bertz CT molecular complexity index is 1130. The zero-order valence-electron chi connectivity index (χ0n) is 43.0. The number of aliphatic hydroxyl groups is 1. The first kappa shape index (κ1) is 64.5. The lowest BCUT2D eigenvalue weighted by atomic mass is 10.0. The molecule has 0 aromatic heterocycles. The van der Waals surface area contributed by atoms with Gasteiger partial charge in [0.25, 0.3) is 0 Å². The molecule has 3 unspecified atom stereocenters. The molecule has 66 heavy (non-hydrogen) atoms. The Kier molecular flexibility index (Phi) is 48.7. The Labute approximate surface area is 405 Å². The number of carbonyl (C=O) groups excluding carboxylic acids is 2. The zero-order valence-corrected chi connectivity index (χ0v) is 43.9. The Morgan fingerprint density at radius 1 is 0.424 bits per heavy atom. The highest BCUT2D eigenvalue weighted by Crippen LogP contribution is 2.43. The molecular formula is C54H106NO10P. The predicted octanol–water partition coefficient (Wildman–Crippen LogP) is 15.8. The second-order valence-corrected chi connectivity index (χ2v) is 21.0. The van der Waals surface area contributed by atoms with E-state index in [-0.39, 0.29) is 12.8 Å². The van der Waals surface area contributed by atoms with Gasteiger partial charge in [0.1, 0.15) is 12.7 Å². The molecule has 0 aliphatic heterocycles. The Hall–Kier alpha value is -1.52. The molecule has 0 saturated carbocycles. The number of hydrogen-bond donors (Lipinski definition) is 4. The molecule has 0 radical (unpaired) electrons. The molecule has 0 fully saturated rings. The van der Waals surface area contributed by atoms with E-state index in [0.717, 1.165) is 38.5 Å². The van der Waals surface area contributed by atoms with Crippen molar-refractivity contribution in [3.63, 3.8) is 0 Å². The number of esters is 1. The Morgan fingerprint density at radius 2 is 0.697 bits per heavy atom. The van der Waals surface area contributed by atoms with Crippen molar-refractivity contribution in [2.24, 2.45) is 0 Å². The monoisotopic (exact) mass is 960 g/mol. The molecule has 0 aromatic rings. The van der Waals surface area contributed by atoms with E-state index >= 15 is 0 Å². The van der Waals surface area contributed by atoms with Crippen molar-refractivity contribution in [2.75, 3.05) is 19.8 Å². The van der Waals surface area contributed by atoms with E-state index in [1.54, 1.807) is 0 Å². The highest BCUT2D eigenvalue weighted by atomic mass is 31.2. The molecule has 392 valence electrons. The van der Waals surface area contributed by atoms with Gasteiger partial charge in [-0.05, 0) is 12.8 Å². The topological polar surface area (TPSA) is 169 Å². The van der Waals surface area contributed by atoms with Crippen LogP contribution in [-0.2, 0) is 32.7 Å². The van der Waals surface area contributed by atoms with Crippen LogP contribution in [-0.4, -0.2) is 64.9 Å². The van der Waals surface area contributed by atoms with Crippen molar-refractivity contribution < 1.29 is 47.8 Å². The maximum absolute atomic E-state index is 12.4. The summed E-state index contributed by atoms with van der Waals surface area (Å²) in [7, 11) is -4.76. The van der Waals surface area contributed by atoms with Gasteiger partial charge in [0, 0.05) is 12.8 Å². The van der Waals surface area contributed by atoms with Crippen LogP contribution in [0.5, 0.6) is 0 Å². The fourth-order valence-electron chi connectivity index (χ4n) is 8.56. The number of hydrogen-bond acceptors (Lipinski definition) is 8. The molecule has 12 heteroatoms. The van der Waals surface area contributed by atoms with E-state index in [4.69, 9.17) is 13.8 Å². The number of rotatable bonds is 54. The lowest BCUT2D eigenvalue weighted by Crippen LogP contribution is -2.43. The average Bonchev–Trinajstić information content (AvgIpc) is 3.29. The third-order valence-corrected chi connectivity index (χ3v) is 13.8. The molecule has 0 spiro atoms. The smallest absolute Gasteiger partial charge is 0.472 e. The van der Waals surface area contributed by atoms with Gasteiger partial charge in [-0.25, -0.2) is 9.36 Å². The summed E-state index contributed by atoms with van der Waals surface area (Å²) in [6, 6.07) is -1.54. The number of carbonyl (C=O) groups is 3. The van der Waals surface area contributed by atoms with Crippen LogP contribution in [0.2, 0.25) is 0 Å². The molecule has 0 aromatic carbocycles. The molecule has 0 aliphatic carbocycles. The molecular weight excluding hydrogens is 854 g/mol. The highest BCUT2D eigenvalue weighted by molar-refractivity contribution is 7.47. The number of carboxylic acid groups (broad SMARTS) is 1. The minimum Gasteiger partial charge on any atom is -0.480 e. The van der Waals surface area contributed by atoms with Crippen LogP contribution in [0.4, 0.5) is 0 Å². The van der Waals surface area contributed by atoms with Crippen LogP contribution >= 0.6 is 7.82 Å². The number of phosphoric ester groups is 1. The lowest BCUT2D eigenvalue weighted by molar-refractivity contribution is -0.147. The third-order valence-electron chi connectivity index (χ3n) is 12.9. The van der Waals surface area contributed by atoms with Crippen molar-refractivity contribution in [1.82, 2.24) is 5.32 Å². The highest BCUT2D eigenvalue weighted by Gasteiger charge is 2.28. The Balaban J connectivity index is 3.73. The zero-order chi connectivity index (χ0) is 48.4. The van der Waals surface area contributed by atoms with Crippen LogP contribution in [0.15, 0.2) is 0 Å². The largest absolute Gasteiger partial charge is 0.480 e. The second-order valence-electron chi connectivity index (χ2n) is 19.5. The summed E-state index contributed by atoms with van der Waals surface area (Å²) in [5, 5.41) is 22.0. The SMILES string of the molecule is CCCCCCCCCCCCCCCCCCCCCCCCC(=O)OCC(O)COP(=O)(O)OCC(NC(=O)CCCCCCCCCCCCCCCCCCCCCC)C(=O)O. The van der Waals surface area contributed by atoms with Gasteiger partial charge >= 0.3 is 19.8 Å². The van der Waals surface area contributed by atoms with Gasteiger partial charge < -0.3 is 25.2 Å². The van der Waals surface area contributed by atoms with Gasteiger partial charge in [-0.15, -0.1) is 0 Å². The first-order valence-corrected chi connectivity index (χ1v) is 29.6. The summed E-state index contributed by atoms with van der Waals surface area (Å²) in [4.78, 5) is 46.2. The molecule has 0 heterocycles. The van der Waals surface area contributed by atoms with Crippen LogP contribution in [0.1, 0.15) is 296 Å².